The quantitative estimate of drug-likeness (QED) is 0.769. The zero-order valence-corrected chi connectivity index (χ0v) is 10.8. The molecule has 0 fully saturated rings. The van der Waals surface area contributed by atoms with E-state index in [0.717, 1.165) is 12.0 Å². The lowest BCUT2D eigenvalue weighted by Gasteiger charge is -2.17. The van der Waals surface area contributed by atoms with E-state index in [2.05, 4.69) is 10.1 Å². The van der Waals surface area contributed by atoms with Gasteiger partial charge in [-0.1, -0.05) is 19.1 Å². The molecule has 0 radical (unpaired) electrons. The summed E-state index contributed by atoms with van der Waals surface area (Å²) in [5, 5.41) is 3.10. The molecule has 0 aliphatic carbocycles. The molecule has 1 unspecified atom stereocenters. The number of rotatable bonds is 7. The standard InChI is InChI=1S/C13H17F4NO/c1-3-11(18-2)9-4-6-10(7-5-9)19-8-13(16,17)12(14)15/h4-7,11-12,18H,3,8H2,1-2H3. The third-order valence-corrected chi connectivity index (χ3v) is 2.79. The first-order valence-corrected chi connectivity index (χ1v) is 5.96. The second-order valence-electron chi connectivity index (χ2n) is 4.17. The molecule has 0 saturated carbocycles. The van der Waals surface area contributed by atoms with Gasteiger partial charge < -0.3 is 10.1 Å². The largest absolute Gasteiger partial charge is 0.487 e. The summed E-state index contributed by atoms with van der Waals surface area (Å²) in [7, 11) is 1.82. The Kier molecular flexibility index (Phi) is 5.60. The topological polar surface area (TPSA) is 21.3 Å². The zero-order chi connectivity index (χ0) is 14.5. The van der Waals surface area contributed by atoms with E-state index in [-0.39, 0.29) is 11.8 Å². The number of hydrogen-bond acceptors (Lipinski definition) is 2. The maximum Gasteiger partial charge on any atom is 0.340 e. The molecular formula is C13H17F4NO. The highest BCUT2D eigenvalue weighted by molar-refractivity contribution is 5.29. The smallest absolute Gasteiger partial charge is 0.340 e. The zero-order valence-electron chi connectivity index (χ0n) is 10.8. The van der Waals surface area contributed by atoms with Crippen molar-refractivity contribution < 1.29 is 22.3 Å². The van der Waals surface area contributed by atoms with Gasteiger partial charge >= 0.3 is 12.3 Å². The van der Waals surface area contributed by atoms with E-state index >= 15 is 0 Å². The summed E-state index contributed by atoms with van der Waals surface area (Å²) >= 11 is 0. The first-order chi connectivity index (χ1) is 8.90. The van der Waals surface area contributed by atoms with Crippen molar-refractivity contribution in [1.29, 1.82) is 0 Å². The molecule has 0 spiro atoms. The van der Waals surface area contributed by atoms with Crippen LogP contribution in [0, 0.1) is 0 Å². The maximum absolute atomic E-state index is 12.7. The number of hydrogen-bond donors (Lipinski definition) is 1. The van der Waals surface area contributed by atoms with E-state index in [9.17, 15) is 17.6 Å². The molecule has 1 N–H and O–H groups in total. The van der Waals surface area contributed by atoms with Gasteiger partial charge in [0.1, 0.15) is 5.75 Å². The molecule has 0 heterocycles. The summed E-state index contributed by atoms with van der Waals surface area (Å²) in [6.45, 7) is 0.683. The third kappa shape index (κ3) is 4.38. The van der Waals surface area contributed by atoms with Gasteiger partial charge in [-0.3, -0.25) is 0 Å². The summed E-state index contributed by atoms with van der Waals surface area (Å²) in [6.07, 6.45) is -2.85. The van der Waals surface area contributed by atoms with Crippen molar-refractivity contribution in [1.82, 2.24) is 5.32 Å². The lowest BCUT2D eigenvalue weighted by Crippen LogP contribution is -2.33. The van der Waals surface area contributed by atoms with E-state index in [1.54, 1.807) is 12.1 Å². The minimum Gasteiger partial charge on any atom is -0.487 e. The molecule has 2 nitrogen and oxygen atoms in total. The molecule has 0 bridgehead atoms. The van der Waals surface area contributed by atoms with Crippen molar-refractivity contribution in [3.05, 3.63) is 29.8 Å². The number of ether oxygens (including phenoxy) is 1. The second kappa shape index (κ2) is 6.75. The molecule has 6 heteroatoms. The number of halogens is 4. The van der Waals surface area contributed by atoms with Crippen molar-refractivity contribution in [3.8, 4) is 5.75 Å². The number of nitrogens with one attached hydrogen (secondary N) is 1. The van der Waals surface area contributed by atoms with Gasteiger partial charge in [0.25, 0.3) is 0 Å². The predicted molar refractivity (Wildman–Crippen MR) is 65.0 cm³/mol. The first-order valence-electron chi connectivity index (χ1n) is 5.96. The van der Waals surface area contributed by atoms with Gasteiger partial charge in [0.05, 0.1) is 0 Å². The van der Waals surface area contributed by atoms with Gasteiger partial charge in [0.2, 0.25) is 0 Å². The molecule has 1 rings (SSSR count). The van der Waals surface area contributed by atoms with E-state index < -0.39 is 19.0 Å². The molecule has 1 aromatic carbocycles. The molecule has 0 saturated heterocycles. The molecule has 0 amide bonds. The van der Waals surface area contributed by atoms with Crippen LogP contribution in [-0.2, 0) is 0 Å². The Bertz CT molecular complexity index is 377. The van der Waals surface area contributed by atoms with Gasteiger partial charge in [-0.05, 0) is 31.2 Å². The number of alkyl halides is 4. The van der Waals surface area contributed by atoms with Crippen molar-refractivity contribution in [3.63, 3.8) is 0 Å². The van der Waals surface area contributed by atoms with Gasteiger partial charge in [-0.2, -0.15) is 8.78 Å². The molecule has 0 aliphatic rings. The minimum absolute atomic E-state index is 0.148. The average molecular weight is 279 g/mol. The van der Waals surface area contributed by atoms with Crippen LogP contribution in [0.3, 0.4) is 0 Å². The Morgan fingerprint density at radius 1 is 1.21 bits per heavy atom. The van der Waals surface area contributed by atoms with Gasteiger partial charge in [-0.15, -0.1) is 0 Å². The molecule has 0 aromatic heterocycles. The van der Waals surface area contributed by atoms with Crippen molar-refractivity contribution in [2.75, 3.05) is 13.7 Å². The first kappa shape index (κ1) is 15.8. The molecular weight excluding hydrogens is 262 g/mol. The van der Waals surface area contributed by atoms with Crippen LogP contribution in [0.2, 0.25) is 0 Å². The fourth-order valence-corrected chi connectivity index (χ4v) is 1.65. The molecule has 19 heavy (non-hydrogen) atoms. The number of benzene rings is 1. The lowest BCUT2D eigenvalue weighted by atomic mass is 10.0. The lowest BCUT2D eigenvalue weighted by molar-refractivity contribution is -0.148. The Hall–Kier alpha value is -1.30. The minimum atomic E-state index is -4.13. The normalized spacial score (nSPS) is 13.6. The molecule has 1 aromatic rings. The van der Waals surface area contributed by atoms with Crippen LogP contribution in [-0.4, -0.2) is 26.0 Å². The monoisotopic (exact) mass is 279 g/mol. The molecule has 0 aliphatic heterocycles. The third-order valence-electron chi connectivity index (χ3n) is 2.79. The SMILES string of the molecule is CCC(NC)c1ccc(OCC(F)(F)C(F)F)cc1. The highest BCUT2D eigenvalue weighted by atomic mass is 19.3. The van der Waals surface area contributed by atoms with Gasteiger partial charge in [0, 0.05) is 6.04 Å². The fourth-order valence-electron chi connectivity index (χ4n) is 1.65. The molecule has 1 atom stereocenters. The van der Waals surface area contributed by atoms with E-state index in [1.807, 2.05) is 14.0 Å². The highest BCUT2D eigenvalue weighted by Crippen LogP contribution is 2.25. The Morgan fingerprint density at radius 3 is 2.21 bits per heavy atom. The summed E-state index contributed by atoms with van der Waals surface area (Å²) in [6, 6.07) is 6.60. The van der Waals surface area contributed by atoms with Crippen molar-refractivity contribution in [2.45, 2.75) is 31.7 Å². The molecule has 108 valence electrons. The van der Waals surface area contributed by atoms with Crippen molar-refractivity contribution >= 4 is 0 Å². The van der Waals surface area contributed by atoms with Gasteiger partial charge in [0.15, 0.2) is 6.61 Å². The van der Waals surface area contributed by atoms with Crippen LogP contribution in [0.15, 0.2) is 24.3 Å². The van der Waals surface area contributed by atoms with Crippen LogP contribution < -0.4 is 10.1 Å². The van der Waals surface area contributed by atoms with E-state index in [4.69, 9.17) is 0 Å². The summed E-state index contributed by atoms with van der Waals surface area (Å²) in [5.74, 6) is -3.98. The fraction of sp³-hybridized carbons (Fsp3) is 0.538. The summed E-state index contributed by atoms with van der Waals surface area (Å²) in [5.41, 5.74) is 0.984. The van der Waals surface area contributed by atoms with E-state index in [1.165, 1.54) is 12.1 Å². The predicted octanol–water partition coefficient (Wildman–Crippen LogP) is 3.64. The Labute approximate surface area is 109 Å². The second-order valence-corrected chi connectivity index (χ2v) is 4.17. The van der Waals surface area contributed by atoms with Gasteiger partial charge in [-0.25, -0.2) is 8.78 Å². The maximum atomic E-state index is 12.7. The van der Waals surface area contributed by atoms with Crippen LogP contribution >= 0.6 is 0 Å². The van der Waals surface area contributed by atoms with Crippen LogP contribution in [0.25, 0.3) is 0 Å². The van der Waals surface area contributed by atoms with Crippen LogP contribution in [0.4, 0.5) is 17.6 Å². The van der Waals surface area contributed by atoms with Crippen LogP contribution in [0.5, 0.6) is 5.75 Å². The van der Waals surface area contributed by atoms with Crippen molar-refractivity contribution in [2.24, 2.45) is 0 Å². The van der Waals surface area contributed by atoms with Crippen LogP contribution in [0.1, 0.15) is 24.9 Å². The Morgan fingerprint density at radius 2 is 1.79 bits per heavy atom. The average Bonchev–Trinajstić information content (AvgIpc) is 2.39. The summed E-state index contributed by atoms with van der Waals surface area (Å²) < 4.78 is 53.9. The Balaban J connectivity index is 2.62. The highest BCUT2D eigenvalue weighted by Gasteiger charge is 2.41. The van der Waals surface area contributed by atoms with E-state index in [0.29, 0.717) is 0 Å². The summed E-state index contributed by atoms with van der Waals surface area (Å²) in [4.78, 5) is 0.